The number of anilines is 1. The van der Waals surface area contributed by atoms with Crippen LogP contribution in [0.1, 0.15) is 13.3 Å². The molecule has 0 aromatic carbocycles. The van der Waals surface area contributed by atoms with E-state index in [4.69, 9.17) is 4.74 Å². The number of nitrogens with one attached hydrogen (secondary N) is 2. The number of H-pyrrole nitrogens is 1. The minimum atomic E-state index is -0.0438. The van der Waals surface area contributed by atoms with Gasteiger partial charge in [-0.1, -0.05) is 6.92 Å². The molecule has 2 N–H and O–H groups in total. The van der Waals surface area contributed by atoms with Crippen LogP contribution < -0.4 is 5.32 Å². The molecule has 3 aromatic rings. The van der Waals surface area contributed by atoms with Crippen LogP contribution in [0.25, 0.3) is 22.2 Å². The molecule has 0 bridgehead atoms. The first-order valence-corrected chi connectivity index (χ1v) is 7.83. The molecule has 3 rings (SSSR count). The molecule has 0 saturated carbocycles. The summed E-state index contributed by atoms with van der Waals surface area (Å²) in [6.07, 6.45) is 7.47. The van der Waals surface area contributed by atoms with Gasteiger partial charge in [-0.05, 0) is 24.1 Å². The molecular formula is C18H20N4O2. The number of ether oxygens (including phenoxy) is 1. The molecule has 1 atom stereocenters. The Hall–Kier alpha value is -2.73. The van der Waals surface area contributed by atoms with Gasteiger partial charge in [-0.15, -0.1) is 0 Å². The highest BCUT2D eigenvalue weighted by molar-refractivity contribution is 5.91. The fraction of sp³-hybridized carbons (Fsp3) is 0.278. The Kier molecular flexibility index (Phi) is 4.86. The fourth-order valence-electron chi connectivity index (χ4n) is 2.64. The van der Waals surface area contributed by atoms with E-state index in [0.29, 0.717) is 18.7 Å². The van der Waals surface area contributed by atoms with Crippen LogP contribution in [-0.2, 0) is 9.53 Å². The molecule has 6 heteroatoms. The second kappa shape index (κ2) is 7.23. The monoisotopic (exact) mass is 324 g/mol. The number of carbonyl (C=O) groups is 1. The fourth-order valence-corrected chi connectivity index (χ4v) is 2.64. The molecule has 3 heterocycles. The van der Waals surface area contributed by atoms with Gasteiger partial charge in [-0.25, -0.2) is 4.98 Å². The van der Waals surface area contributed by atoms with Gasteiger partial charge in [0.1, 0.15) is 5.65 Å². The molecule has 0 unspecified atom stereocenters. The average Bonchev–Trinajstić information content (AvgIpc) is 3.02. The number of hydrogen-bond donors (Lipinski definition) is 2. The summed E-state index contributed by atoms with van der Waals surface area (Å²) in [5, 5.41) is 3.93. The molecule has 6 nitrogen and oxygen atoms in total. The van der Waals surface area contributed by atoms with E-state index in [1.165, 1.54) is 0 Å². The van der Waals surface area contributed by atoms with Crippen LogP contribution >= 0.6 is 0 Å². The van der Waals surface area contributed by atoms with E-state index in [0.717, 1.165) is 22.2 Å². The van der Waals surface area contributed by atoms with E-state index in [-0.39, 0.29) is 11.8 Å². The van der Waals surface area contributed by atoms with Crippen molar-refractivity contribution in [2.45, 2.75) is 13.3 Å². The van der Waals surface area contributed by atoms with E-state index >= 15 is 0 Å². The van der Waals surface area contributed by atoms with Crippen LogP contribution in [0.5, 0.6) is 0 Å². The summed E-state index contributed by atoms with van der Waals surface area (Å²) in [6.45, 7) is 2.55. The third kappa shape index (κ3) is 3.78. The molecule has 0 saturated heterocycles. The number of amides is 1. The number of fused-ring (bicyclic) bond motifs is 1. The quantitative estimate of drug-likeness (QED) is 0.729. The molecule has 0 aliphatic heterocycles. The summed E-state index contributed by atoms with van der Waals surface area (Å²) in [6, 6.07) is 5.92. The number of nitrogens with zero attached hydrogens (tertiary/aromatic N) is 2. The molecule has 0 radical (unpaired) electrons. The zero-order chi connectivity index (χ0) is 16.9. The van der Waals surface area contributed by atoms with Crippen molar-refractivity contribution >= 4 is 22.6 Å². The van der Waals surface area contributed by atoms with Crippen molar-refractivity contribution in [3.05, 3.63) is 43.0 Å². The molecule has 0 fully saturated rings. The number of methoxy groups -OCH3 is 1. The Morgan fingerprint density at radius 3 is 2.96 bits per heavy atom. The van der Waals surface area contributed by atoms with Gasteiger partial charge in [0.05, 0.1) is 11.9 Å². The summed E-state index contributed by atoms with van der Waals surface area (Å²) in [5.74, 6) is 0.129. The molecule has 24 heavy (non-hydrogen) atoms. The van der Waals surface area contributed by atoms with Gasteiger partial charge in [0.2, 0.25) is 5.91 Å². The Bertz CT molecular complexity index is 844. The second-order valence-electron chi connectivity index (χ2n) is 5.91. The van der Waals surface area contributed by atoms with Crippen molar-refractivity contribution in [2.24, 2.45) is 5.92 Å². The van der Waals surface area contributed by atoms with Crippen LogP contribution in [-0.4, -0.2) is 34.6 Å². The van der Waals surface area contributed by atoms with Crippen molar-refractivity contribution in [1.82, 2.24) is 15.0 Å². The van der Waals surface area contributed by atoms with E-state index < -0.39 is 0 Å². The summed E-state index contributed by atoms with van der Waals surface area (Å²) in [7, 11) is 1.64. The Morgan fingerprint density at radius 2 is 2.12 bits per heavy atom. The van der Waals surface area contributed by atoms with E-state index in [1.54, 1.807) is 25.7 Å². The van der Waals surface area contributed by atoms with Crippen LogP contribution in [0, 0.1) is 5.92 Å². The first-order chi connectivity index (χ1) is 11.7. The van der Waals surface area contributed by atoms with Gasteiger partial charge in [-0.2, -0.15) is 0 Å². The van der Waals surface area contributed by atoms with Gasteiger partial charge >= 0.3 is 0 Å². The third-order valence-corrected chi connectivity index (χ3v) is 3.74. The Labute approximate surface area is 140 Å². The minimum absolute atomic E-state index is 0.0438. The minimum Gasteiger partial charge on any atom is -0.384 e. The summed E-state index contributed by atoms with van der Waals surface area (Å²) in [5.41, 5.74) is 3.39. The number of hydrogen-bond acceptors (Lipinski definition) is 4. The van der Waals surface area contributed by atoms with Gasteiger partial charge in [0.25, 0.3) is 0 Å². The maximum absolute atomic E-state index is 12.1. The van der Waals surface area contributed by atoms with E-state index in [1.807, 2.05) is 31.3 Å². The topological polar surface area (TPSA) is 79.9 Å². The highest BCUT2D eigenvalue weighted by Gasteiger charge is 2.10. The Morgan fingerprint density at radius 1 is 1.29 bits per heavy atom. The lowest BCUT2D eigenvalue weighted by Crippen LogP contribution is -2.17. The lowest BCUT2D eigenvalue weighted by Gasteiger charge is -2.11. The predicted octanol–water partition coefficient (Wildman–Crippen LogP) is 3.24. The molecule has 0 aliphatic carbocycles. The molecule has 3 aromatic heterocycles. The van der Waals surface area contributed by atoms with Crippen LogP contribution in [0.15, 0.2) is 43.0 Å². The zero-order valence-corrected chi connectivity index (χ0v) is 13.7. The predicted molar refractivity (Wildman–Crippen MR) is 93.6 cm³/mol. The zero-order valence-electron chi connectivity index (χ0n) is 13.7. The van der Waals surface area contributed by atoms with Gasteiger partial charge < -0.3 is 15.0 Å². The van der Waals surface area contributed by atoms with Crippen LogP contribution in [0.3, 0.4) is 0 Å². The molecule has 1 amide bonds. The molecular weight excluding hydrogens is 304 g/mol. The van der Waals surface area contributed by atoms with Crippen LogP contribution in [0.4, 0.5) is 5.69 Å². The number of aromatic amines is 1. The highest BCUT2D eigenvalue weighted by atomic mass is 16.5. The van der Waals surface area contributed by atoms with Crippen molar-refractivity contribution < 1.29 is 9.53 Å². The van der Waals surface area contributed by atoms with Gasteiger partial charge in [0, 0.05) is 55.2 Å². The SMILES string of the molecule is COC[C@@H](C)CC(=O)Nc1cncc(-c2cnc3[nH]ccc3c2)c1. The smallest absolute Gasteiger partial charge is 0.224 e. The summed E-state index contributed by atoms with van der Waals surface area (Å²) >= 11 is 0. The maximum atomic E-state index is 12.1. The van der Waals surface area contributed by atoms with Gasteiger partial charge in [0.15, 0.2) is 0 Å². The van der Waals surface area contributed by atoms with E-state index in [2.05, 4.69) is 20.3 Å². The standard InChI is InChI=1S/C18H20N4O2/c1-12(11-24-2)5-17(23)22-16-7-15(8-19-10-16)14-6-13-3-4-20-18(13)21-9-14/h3-4,6-10,12H,5,11H2,1-2H3,(H,20,21)(H,22,23)/t12-/m0/s1. The molecule has 124 valence electrons. The van der Waals surface area contributed by atoms with Crippen molar-refractivity contribution in [1.29, 1.82) is 0 Å². The first kappa shape index (κ1) is 16.1. The van der Waals surface area contributed by atoms with Gasteiger partial charge in [-0.3, -0.25) is 9.78 Å². The normalized spacial score (nSPS) is 12.2. The van der Waals surface area contributed by atoms with Crippen molar-refractivity contribution in [2.75, 3.05) is 19.0 Å². The number of pyridine rings is 2. The van der Waals surface area contributed by atoms with Crippen molar-refractivity contribution in [3.8, 4) is 11.1 Å². The maximum Gasteiger partial charge on any atom is 0.224 e. The average molecular weight is 324 g/mol. The lowest BCUT2D eigenvalue weighted by molar-refractivity contribution is -0.117. The number of carbonyl (C=O) groups excluding carboxylic acids is 1. The molecule has 0 aliphatic rings. The highest BCUT2D eigenvalue weighted by Crippen LogP contribution is 2.24. The lowest BCUT2D eigenvalue weighted by atomic mass is 10.1. The van der Waals surface area contributed by atoms with Crippen LogP contribution in [0.2, 0.25) is 0 Å². The summed E-state index contributed by atoms with van der Waals surface area (Å²) in [4.78, 5) is 23.8. The van der Waals surface area contributed by atoms with E-state index in [9.17, 15) is 4.79 Å². The molecule has 0 spiro atoms. The number of aromatic nitrogens is 3. The third-order valence-electron chi connectivity index (χ3n) is 3.74. The Balaban J connectivity index is 1.75. The summed E-state index contributed by atoms with van der Waals surface area (Å²) < 4.78 is 5.06. The second-order valence-corrected chi connectivity index (χ2v) is 5.91. The first-order valence-electron chi connectivity index (χ1n) is 7.83. The number of rotatable bonds is 6. The largest absolute Gasteiger partial charge is 0.384 e. The van der Waals surface area contributed by atoms with Crippen molar-refractivity contribution in [3.63, 3.8) is 0 Å².